The third-order valence-corrected chi connectivity index (χ3v) is 9.05. The predicted molar refractivity (Wildman–Crippen MR) is 193 cm³/mol. The molecule has 2 N–H and O–H groups in total. The molecule has 2 amide bonds. The van der Waals surface area contributed by atoms with Gasteiger partial charge in [0.25, 0.3) is 5.91 Å². The highest BCUT2D eigenvalue weighted by Gasteiger charge is 2.44. The molecular weight excluding hydrogens is 580 g/mol. The zero-order chi connectivity index (χ0) is 33.0. The Morgan fingerprint density at radius 1 is 0.660 bits per heavy atom. The number of allylic oxidation sites excluding steroid dienone is 6. The molecule has 0 unspecified atom stereocenters. The van der Waals surface area contributed by atoms with Crippen molar-refractivity contribution in [1.29, 1.82) is 0 Å². The first-order valence-electron chi connectivity index (χ1n) is 16.0. The highest BCUT2D eigenvalue weighted by Crippen LogP contribution is 2.47. The summed E-state index contributed by atoms with van der Waals surface area (Å²) in [6.07, 6.45) is 10.3. The molecule has 0 fully saturated rings. The number of nitrogens with one attached hydrogen (secondary N) is 2. The van der Waals surface area contributed by atoms with Crippen LogP contribution in [0.3, 0.4) is 0 Å². The van der Waals surface area contributed by atoms with Crippen LogP contribution in [-0.2, 0) is 20.4 Å². The Labute approximate surface area is 277 Å². The third kappa shape index (κ3) is 6.45. The molecule has 2 heterocycles. The first-order chi connectivity index (χ1) is 22.7. The van der Waals surface area contributed by atoms with Crippen LogP contribution in [0.2, 0.25) is 0 Å². The average Bonchev–Trinajstić information content (AvgIpc) is 3.40. The molecule has 6 nitrogen and oxygen atoms in total. The molecule has 6 rings (SSSR count). The maximum atomic E-state index is 13.2. The largest absolute Gasteiger partial charge is 0.335 e. The van der Waals surface area contributed by atoms with Crippen molar-refractivity contribution in [1.82, 2.24) is 0 Å². The second-order valence-corrected chi connectivity index (χ2v) is 13.0. The Kier molecular flexibility index (Phi) is 8.77. The van der Waals surface area contributed by atoms with E-state index in [0.717, 1.165) is 34.2 Å². The minimum Gasteiger partial charge on any atom is -0.335 e. The van der Waals surface area contributed by atoms with Crippen LogP contribution >= 0.6 is 0 Å². The molecule has 0 saturated heterocycles. The number of hydrogen-bond donors (Lipinski definition) is 2. The Morgan fingerprint density at radius 2 is 1.23 bits per heavy atom. The minimum absolute atomic E-state index is 0.0747. The highest BCUT2D eigenvalue weighted by atomic mass is 16.2. The van der Waals surface area contributed by atoms with Gasteiger partial charge in [0.15, 0.2) is 5.71 Å². The van der Waals surface area contributed by atoms with Crippen LogP contribution < -0.4 is 15.5 Å². The maximum Gasteiger partial charge on any atom is 0.290 e. The van der Waals surface area contributed by atoms with Crippen LogP contribution in [-0.4, -0.2) is 35.2 Å². The number of anilines is 3. The molecule has 0 aromatic heterocycles. The zero-order valence-corrected chi connectivity index (χ0v) is 27.4. The SMILES string of the molecule is CC1(C)C(/C=C/C=C/C=C2/N(CC(=O)Nc3ccccc3)c3ccccc3C2(C)C)=[N+](CC(=O)Nc2ccccc2)c2ccccc21. The van der Waals surface area contributed by atoms with Crippen molar-refractivity contribution in [3.8, 4) is 0 Å². The minimum atomic E-state index is -0.287. The van der Waals surface area contributed by atoms with Crippen molar-refractivity contribution < 1.29 is 14.2 Å². The van der Waals surface area contributed by atoms with Gasteiger partial charge in [0, 0.05) is 45.9 Å². The van der Waals surface area contributed by atoms with Gasteiger partial charge in [-0.25, -0.2) is 0 Å². The number of fused-ring (bicyclic) bond motifs is 2. The lowest BCUT2D eigenvalue weighted by atomic mass is 9.81. The molecular formula is C41H41N4O2+. The van der Waals surface area contributed by atoms with Crippen LogP contribution in [0.25, 0.3) is 0 Å². The molecule has 4 aromatic carbocycles. The van der Waals surface area contributed by atoms with Gasteiger partial charge in [-0.1, -0.05) is 105 Å². The summed E-state index contributed by atoms with van der Waals surface area (Å²) < 4.78 is 2.11. The van der Waals surface area contributed by atoms with E-state index < -0.39 is 0 Å². The van der Waals surface area contributed by atoms with Gasteiger partial charge in [-0.3, -0.25) is 9.59 Å². The van der Waals surface area contributed by atoms with Gasteiger partial charge in [0.1, 0.15) is 6.54 Å². The summed E-state index contributed by atoms with van der Waals surface area (Å²) in [5.74, 6) is -0.149. The van der Waals surface area contributed by atoms with Crippen molar-refractivity contribution in [2.75, 3.05) is 28.6 Å². The van der Waals surface area contributed by atoms with Crippen LogP contribution in [0.4, 0.5) is 22.7 Å². The number of hydrogen-bond acceptors (Lipinski definition) is 3. The summed E-state index contributed by atoms with van der Waals surface area (Å²) in [6.45, 7) is 9.20. The van der Waals surface area contributed by atoms with Crippen molar-refractivity contribution in [2.24, 2.45) is 0 Å². The Morgan fingerprint density at radius 3 is 1.91 bits per heavy atom. The van der Waals surface area contributed by atoms with Gasteiger partial charge in [0.2, 0.25) is 18.1 Å². The molecule has 0 bridgehead atoms. The number of carbonyl (C=O) groups excluding carboxylic acids is 2. The molecule has 0 aliphatic carbocycles. The summed E-state index contributed by atoms with van der Waals surface area (Å²) in [7, 11) is 0. The van der Waals surface area contributed by atoms with Gasteiger partial charge in [-0.15, -0.1) is 0 Å². The Balaban J connectivity index is 1.26. The predicted octanol–water partition coefficient (Wildman–Crippen LogP) is 8.13. The maximum absolute atomic E-state index is 13.2. The Hall–Kier alpha value is -5.49. The quantitative estimate of drug-likeness (QED) is 0.147. The average molecular weight is 622 g/mol. The fraction of sp³-hybridized carbons (Fsp3) is 0.195. The lowest BCUT2D eigenvalue weighted by molar-refractivity contribution is -0.424. The number of para-hydroxylation sites is 4. The fourth-order valence-corrected chi connectivity index (χ4v) is 6.71. The fourth-order valence-electron chi connectivity index (χ4n) is 6.71. The van der Waals surface area contributed by atoms with Gasteiger partial charge in [0.05, 0.1) is 5.41 Å². The van der Waals surface area contributed by atoms with Gasteiger partial charge >= 0.3 is 0 Å². The lowest BCUT2D eigenvalue weighted by Crippen LogP contribution is -2.33. The number of amides is 2. The number of rotatable bonds is 9. The van der Waals surface area contributed by atoms with Gasteiger partial charge in [-0.05, 0) is 55.8 Å². The van der Waals surface area contributed by atoms with E-state index in [2.05, 4.69) is 96.4 Å². The van der Waals surface area contributed by atoms with Crippen molar-refractivity contribution in [3.63, 3.8) is 0 Å². The van der Waals surface area contributed by atoms with E-state index in [1.165, 1.54) is 11.1 Å². The van der Waals surface area contributed by atoms with E-state index in [0.29, 0.717) is 0 Å². The summed E-state index contributed by atoms with van der Waals surface area (Å²) in [5.41, 5.74) is 7.54. The molecule has 0 atom stereocenters. The molecule has 2 aliphatic heterocycles. The summed E-state index contributed by atoms with van der Waals surface area (Å²) in [6, 6.07) is 35.7. The summed E-state index contributed by atoms with van der Waals surface area (Å²) in [5, 5.41) is 6.06. The third-order valence-electron chi connectivity index (χ3n) is 9.05. The van der Waals surface area contributed by atoms with Crippen molar-refractivity contribution in [2.45, 2.75) is 38.5 Å². The van der Waals surface area contributed by atoms with Crippen molar-refractivity contribution >= 4 is 40.3 Å². The highest BCUT2D eigenvalue weighted by molar-refractivity contribution is 6.04. The van der Waals surface area contributed by atoms with E-state index in [9.17, 15) is 9.59 Å². The monoisotopic (exact) mass is 621 g/mol. The molecule has 6 heteroatoms. The second kappa shape index (κ2) is 13.1. The summed E-state index contributed by atoms with van der Waals surface area (Å²) in [4.78, 5) is 28.5. The van der Waals surface area contributed by atoms with E-state index in [-0.39, 0.29) is 35.7 Å². The lowest BCUT2D eigenvalue weighted by Gasteiger charge is -2.26. The number of nitrogens with zero attached hydrogens (tertiary/aromatic N) is 2. The van der Waals surface area contributed by atoms with E-state index in [1.54, 1.807) is 0 Å². The first kappa shape index (κ1) is 31.5. The normalized spacial score (nSPS) is 16.9. The molecule has 236 valence electrons. The van der Waals surface area contributed by atoms with Crippen LogP contribution in [0.5, 0.6) is 0 Å². The van der Waals surface area contributed by atoms with Crippen LogP contribution in [0.15, 0.2) is 145 Å². The Bertz CT molecular complexity index is 1920. The molecule has 4 aromatic rings. The standard InChI is InChI=1S/C41H40N4O2/c1-40(2)32-22-14-16-24-34(32)44(28-38(46)42-30-18-8-5-9-19-30)36(40)26-12-7-13-27-37-41(3,4)33-23-15-17-25-35(33)45(37)29-39(47)43-31-20-10-6-11-21-31/h5-27H,28-29H2,1-4H3,(H-,42,43,46,47)/p+1. The smallest absolute Gasteiger partial charge is 0.290 e. The number of carbonyl (C=O) groups is 2. The molecule has 0 spiro atoms. The van der Waals surface area contributed by atoms with Gasteiger partial charge < -0.3 is 15.5 Å². The van der Waals surface area contributed by atoms with E-state index >= 15 is 0 Å². The van der Waals surface area contributed by atoms with Crippen LogP contribution in [0.1, 0.15) is 38.8 Å². The molecule has 0 saturated carbocycles. The first-order valence-corrected chi connectivity index (χ1v) is 16.0. The number of benzene rings is 4. The van der Waals surface area contributed by atoms with E-state index in [1.807, 2.05) is 91.0 Å². The van der Waals surface area contributed by atoms with Crippen LogP contribution in [0, 0.1) is 0 Å². The van der Waals surface area contributed by atoms with E-state index in [4.69, 9.17) is 0 Å². The van der Waals surface area contributed by atoms with Gasteiger partial charge in [-0.2, -0.15) is 4.58 Å². The second-order valence-electron chi connectivity index (χ2n) is 13.0. The molecule has 47 heavy (non-hydrogen) atoms. The zero-order valence-electron chi connectivity index (χ0n) is 27.4. The summed E-state index contributed by atoms with van der Waals surface area (Å²) >= 11 is 0. The molecule has 2 aliphatic rings. The van der Waals surface area contributed by atoms with Crippen molar-refractivity contribution in [3.05, 3.63) is 156 Å². The topological polar surface area (TPSA) is 64.5 Å². The molecule has 0 radical (unpaired) electrons.